The summed E-state index contributed by atoms with van der Waals surface area (Å²) in [5.41, 5.74) is -0.635. The third kappa shape index (κ3) is 1.44. The lowest BCUT2D eigenvalue weighted by Crippen LogP contribution is -2.44. The molecule has 4 heteroatoms. The molecule has 2 aliphatic carbocycles. The van der Waals surface area contributed by atoms with Crippen molar-refractivity contribution >= 4 is 11.9 Å². The van der Waals surface area contributed by atoms with E-state index in [0.29, 0.717) is 11.8 Å². The summed E-state index contributed by atoms with van der Waals surface area (Å²) in [5.74, 6) is 0.251. The van der Waals surface area contributed by atoms with Crippen LogP contribution in [0.2, 0.25) is 0 Å². The van der Waals surface area contributed by atoms with Gasteiger partial charge in [0.05, 0.1) is 5.92 Å². The van der Waals surface area contributed by atoms with Crippen molar-refractivity contribution in [1.82, 2.24) is 0 Å². The summed E-state index contributed by atoms with van der Waals surface area (Å²) in [5, 5.41) is 0. The molecule has 1 aliphatic heterocycles. The molecule has 5 atom stereocenters. The molecule has 0 aromatic heterocycles. The third-order valence-corrected chi connectivity index (χ3v) is 4.82. The smallest absolute Gasteiger partial charge is 0.330 e. The third-order valence-electron chi connectivity index (χ3n) is 4.82. The quantitative estimate of drug-likeness (QED) is 0.565. The highest BCUT2D eigenvalue weighted by atomic mass is 16.6. The Labute approximate surface area is 106 Å². The summed E-state index contributed by atoms with van der Waals surface area (Å²) in [6.45, 7) is 7.19. The molecule has 3 aliphatic rings. The van der Waals surface area contributed by atoms with Crippen molar-refractivity contribution in [1.29, 1.82) is 0 Å². The van der Waals surface area contributed by atoms with Gasteiger partial charge in [0.2, 0.25) is 0 Å². The maximum absolute atomic E-state index is 11.9. The van der Waals surface area contributed by atoms with Crippen LogP contribution >= 0.6 is 0 Å². The summed E-state index contributed by atoms with van der Waals surface area (Å²) in [4.78, 5) is 23.3. The SMILES string of the molecule is C=CC(=O)OC(C)(C)C1C2CC3OC(=O)C1C3C2. The van der Waals surface area contributed by atoms with Gasteiger partial charge in [-0.3, -0.25) is 4.79 Å². The highest BCUT2D eigenvalue weighted by Crippen LogP contribution is 2.60. The number of carbonyl (C=O) groups excluding carboxylic acids is 2. The summed E-state index contributed by atoms with van der Waals surface area (Å²) in [7, 11) is 0. The average molecular weight is 250 g/mol. The lowest BCUT2D eigenvalue weighted by atomic mass is 9.71. The molecule has 0 N–H and O–H groups in total. The second kappa shape index (κ2) is 3.59. The minimum absolute atomic E-state index is 0.0812. The summed E-state index contributed by atoms with van der Waals surface area (Å²) in [6.07, 6.45) is 3.24. The van der Waals surface area contributed by atoms with Crippen LogP contribution in [0.15, 0.2) is 12.7 Å². The van der Waals surface area contributed by atoms with Gasteiger partial charge in [-0.15, -0.1) is 0 Å². The van der Waals surface area contributed by atoms with Gasteiger partial charge in [-0.25, -0.2) is 4.79 Å². The Morgan fingerprint density at radius 3 is 2.89 bits per heavy atom. The number of hydrogen-bond acceptors (Lipinski definition) is 4. The maximum Gasteiger partial charge on any atom is 0.330 e. The molecule has 2 bridgehead atoms. The second-order valence-corrected chi connectivity index (χ2v) is 6.15. The fourth-order valence-corrected chi connectivity index (χ4v) is 4.36. The molecule has 1 saturated heterocycles. The van der Waals surface area contributed by atoms with Crippen LogP contribution in [-0.4, -0.2) is 23.6 Å². The van der Waals surface area contributed by atoms with Gasteiger partial charge in [-0.2, -0.15) is 0 Å². The lowest BCUT2D eigenvalue weighted by molar-refractivity contribution is -0.162. The van der Waals surface area contributed by atoms with Crippen LogP contribution in [-0.2, 0) is 19.1 Å². The van der Waals surface area contributed by atoms with E-state index < -0.39 is 11.6 Å². The van der Waals surface area contributed by atoms with E-state index in [4.69, 9.17) is 9.47 Å². The van der Waals surface area contributed by atoms with Crippen molar-refractivity contribution in [3.63, 3.8) is 0 Å². The van der Waals surface area contributed by atoms with Crippen molar-refractivity contribution < 1.29 is 19.1 Å². The first-order chi connectivity index (χ1) is 8.44. The Morgan fingerprint density at radius 2 is 2.22 bits per heavy atom. The molecule has 3 rings (SSSR count). The highest BCUT2D eigenvalue weighted by Gasteiger charge is 2.65. The molecule has 3 fully saturated rings. The van der Waals surface area contributed by atoms with Crippen LogP contribution < -0.4 is 0 Å². The lowest BCUT2D eigenvalue weighted by Gasteiger charge is -2.37. The molecule has 0 amide bonds. The van der Waals surface area contributed by atoms with Gasteiger partial charge in [0.25, 0.3) is 0 Å². The van der Waals surface area contributed by atoms with Crippen molar-refractivity contribution in [3.05, 3.63) is 12.7 Å². The van der Waals surface area contributed by atoms with Crippen LogP contribution in [0.4, 0.5) is 0 Å². The molecule has 98 valence electrons. The number of rotatable bonds is 3. The zero-order valence-corrected chi connectivity index (χ0v) is 10.7. The van der Waals surface area contributed by atoms with Gasteiger partial charge < -0.3 is 9.47 Å². The first-order valence-electron chi connectivity index (χ1n) is 6.50. The maximum atomic E-state index is 11.9. The second-order valence-electron chi connectivity index (χ2n) is 6.15. The summed E-state index contributed by atoms with van der Waals surface area (Å²) < 4.78 is 10.9. The van der Waals surface area contributed by atoms with Gasteiger partial charge in [-0.1, -0.05) is 6.58 Å². The van der Waals surface area contributed by atoms with E-state index >= 15 is 0 Å². The molecular weight excluding hydrogens is 232 g/mol. The topological polar surface area (TPSA) is 52.6 Å². The normalized spacial score (nSPS) is 40.8. The minimum Gasteiger partial charge on any atom is -0.462 e. The molecule has 4 nitrogen and oxygen atoms in total. The van der Waals surface area contributed by atoms with Crippen molar-refractivity contribution in [2.24, 2.45) is 23.7 Å². The van der Waals surface area contributed by atoms with Gasteiger partial charge in [0, 0.05) is 17.9 Å². The average Bonchev–Trinajstić information content (AvgIpc) is 2.88. The van der Waals surface area contributed by atoms with Crippen LogP contribution in [0.3, 0.4) is 0 Å². The minimum atomic E-state index is -0.635. The van der Waals surface area contributed by atoms with E-state index in [1.165, 1.54) is 6.08 Å². The molecule has 5 unspecified atom stereocenters. The van der Waals surface area contributed by atoms with Gasteiger partial charge in [0.15, 0.2) is 0 Å². The Balaban J connectivity index is 1.86. The van der Waals surface area contributed by atoms with Gasteiger partial charge >= 0.3 is 11.9 Å². The van der Waals surface area contributed by atoms with Crippen LogP contribution in [0, 0.1) is 23.7 Å². The molecular formula is C14H18O4. The van der Waals surface area contributed by atoms with E-state index in [0.717, 1.165) is 12.8 Å². The highest BCUT2D eigenvalue weighted by molar-refractivity contribution is 5.82. The van der Waals surface area contributed by atoms with E-state index in [1.807, 2.05) is 13.8 Å². The van der Waals surface area contributed by atoms with Crippen molar-refractivity contribution in [2.45, 2.75) is 38.4 Å². The molecule has 0 aromatic carbocycles. The Kier molecular flexibility index (Phi) is 2.34. The predicted octanol–water partition coefficient (Wildman–Crippen LogP) is 1.69. The van der Waals surface area contributed by atoms with E-state index in [-0.39, 0.29) is 23.9 Å². The first kappa shape index (κ1) is 11.8. The van der Waals surface area contributed by atoms with E-state index in [9.17, 15) is 9.59 Å². The molecule has 2 saturated carbocycles. The van der Waals surface area contributed by atoms with E-state index in [1.54, 1.807) is 0 Å². The number of esters is 2. The Morgan fingerprint density at radius 1 is 1.50 bits per heavy atom. The fourth-order valence-electron chi connectivity index (χ4n) is 4.36. The Bertz CT molecular complexity index is 424. The Hall–Kier alpha value is -1.32. The molecule has 1 heterocycles. The number of hydrogen-bond donors (Lipinski definition) is 0. The molecule has 0 spiro atoms. The molecule has 18 heavy (non-hydrogen) atoms. The fraction of sp³-hybridized carbons (Fsp3) is 0.714. The summed E-state index contributed by atoms with van der Waals surface area (Å²) >= 11 is 0. The number of fused-ring (bicyclic) bond motifs is 1. The molecule has 0 radical (unpaired) electrons. The van der Waals surface area contributed by atoms with Gasteiger partial charge in [-0.05, 0) is 32.6 Å². The van der Waals surface area contributed by atoms with Crippen LogP contribution in [0.5, 0.6) is 0 Å². The van der Waals surface area contributed by atoms with Gasteiger partial charge in [0.1, 0.15) is 11.7 Å². The van der Waals surface area contributed by atoms with Crippen molar-refractivity contribution in [3.8, 4) is 0 Å². The standard InChI is InChI=1S/C14H18O4/c1-4-10(15)18-14(2,3)12-7-5-8-9(6-7)17-13(16)11(8)12/h4,7-9,11-12H,1,5-6H2,2-3H3. The predicted molar refractivity (Wildman–Crippen MR) is 63.4 cm³/mol. The molecule has 0 aromatic rings. The monoisotopic (exact) mass is 250 g/mol. The van der Waals surface area contributed by atoms with Crippen molar-refractivity contribution in [2.75, 3.05) is 0 Å². The number of carbonyl (C=O) groups is 2. The summed E-state index contributed by atoms with van der Waals surface area (Å²) in [6, 6.07) is 0. The first-order valence-corrected chi connectivity index (χ1v) is 6.50. The zero-order chi connectivity index (χ0) is 13.1. The largest absolute Gasteiger partial charge is 0.462 e. The zero-order valence-electron chi connectivity index (χ0n) is 10.7. The van der Waals surface area contributed by atoms with E-state index in [2.05, 4.69) is 6.58 Å². The van der Waals surface area contributed by atoms with Crippen LogP contribution in [0.1, 0.15) is 26.7 Å². The van der Waals surface area contributed by atoms with Crippen LogP contribution in [0.25, 0.3) is 0 Å². The number of ether oxygens (including phenoxy) is 2.